The van der Waals surface area contributed by atoms with E-state index in [4.69, 9.17) is 4.74 Å². The number of hydrogen-bond acceptors (Lipinski definition) is 5. The first-order valence-corrected chi connectivity index (χ1v) is 4.88. The molecule has 0 amide bonds. The van der Waals surface area contributed by atoms with Gasteiger partial charge in [-0.3, -0.25) is 9.59 Å². The highest BCUT2D eigenvalue weighted by Gasteiger charge is 2.28. The van der Waals surface area contributed by atoms with Crippen LogP contribution >= 0.6 is 0 Å². The van der Waals surface area contributed by atoms with Crippen molar-refractivity contribution in [2.24, 2.45) is 5.41 Å². The summed E-state index contributed by atoms with van der Waals surface area (Å²) in [7, 11) is 1.34. The molecule has 15 heavy (non-hydrogen) atoms. The van der Waals surface area contributed by atoms with Crippen molar-refractivity contribution in [3.8, 4) is 0 Å². The molecule has 0 aliphatic rings. The first-order valence-electron chi connectivity index (χ1n) is 4.88. The Kier molecular flexibility index (Phi) is 5.93. The lowest BCUT2D eigenvalue weighted by molar-refractivity contribution is -0.151. The molecule has 0 fully saturated rings. The van der Waals surface area contributed by atoms with Crippen LogP contribution in [0.15, 0.2) is 0 Å². The zero-order valence-electron chi connectivity index (χ0n) is 9.75. The highest BCUT2D eigenvalue weighted by molar-refractivity contribution is 5.76. The summed E-state index contributed by atoms with van der Waals surface area (Å²) in [4.78, 5) is 22.2. The Morgan fingerprint density at radius 2 is 1.93 bits per heavy atom. The van der Waals surface area contributed by atoms with Gasteiger partial charge in [-0.2, -0.15) is 0 Å². The molecule has 5 nitrogen and oxygen atoms in total. The molecule has 0 radical (unpaired) electrons. The zero-order chi connectivity index (χ0) is 11.9. The number of carbonyl (C=O) groups excluding carboxylic acids is 2. The minimum atomic E-state index is -0.638. The monoisotopic (exact) mass is 217 g/mol. The van der Waals surface area contributed by atoms with Crippen molar-refractivity contribution < 1.29 is 19.1 Å². The molecule has 0 aliphatic carbocycles. The SMILES string of the molecule is CCOC(=O)CNCC(C)(C)C(=O)OC. The normalized spacial score (nSPS) is 10.9. The lowest BCUT2D eigenvalue weighted by Crippen LogP contribution is -2.39. The quantitative estimate of drug-likeness (QED) is 0.650. The Bertz CT molecular complexity index is 225. The van der Waals surface area contributed by atoms with E-state index < -0.39 is 5.41 Å². The molecular weight excluding hydrogens is 198 g/mol. The minimum absolute atomic E-state index is 0.105. The Labute approximate surface area is 90.1 Å². The number of carbonyl (C=O) groups is 2. The van der Waals surface area contributed by atoms with Crippen molar-refractivity contribution in [3.05, 3.63) is 0 Å². The lowest BCUT2D eigenvalue weighted by Gasteiger charge is -2.21. The molecule has 0 saturated carbocycles. The first-order chi connectivity index (χ1) is 6.94. The molecule has 0 bridgehead atoms. The van der Waals surface area contributed by atoms with Crippen LogP contribution in [-0.4, -0.2) is 38.7 Å². The molecule has 0 atom stereocenters. The smallest absolute Gasteiger partial charge is 0.319 e. The van der Waals surface area contributed by atoms with E-state index in [0.29, 0.717) is 13.2 Å². The van der Waals surface area contributed by atoms with Crippen molar-refractivity contribution in [2.75, 3.05) is 26.8 Å². The summed E-state index contributed by atoms with van der Waals surface area (Å²) in [6.45, 7) is 6.08. The molecule has 0 rings (SSSR count). The van der Waals surface area contributed by atoms with Crippen LogP contribution in [0.4, 0.5) is 0 Å². The molecule has 1 N–H and O–H groups in total. The highest BCUT2D eigenvalue weighted by atomic mass is 16.5. The van der Waals surface area contributed by atoms with Crippen molar-refractivity contribution in [1.82, 2.24) is 5.32 Å². The summed E-state index contributed by atoms with van der Waals surface area (Å²) < 4.78 is 9.35. The Morgan fingerprint density at radius 1 is 1.33 bits per heavy atom. The van der Waals surface area contributed by atoms with Gasteiger partial charge in [0.15, 0.2) is 0 Å². The molecule has 5 heteroatoms. The highest BCUT2D eigenvalue weighted by Crippen LogP contribution is 2.14. The lowest BCUT2D eigenvalue weighted by atomic mass is 9.94. The average Bonchev–Trinajstić information content (AvgIpc) is 2.16. The van der Waals surface area contributed by atoms with E-state index in [0.717, 1.165) is 0 Å². The maximum Gasteiger partial charge on any atom is 0.319 e. The van der Waals surface area contributed by atoms with Crippen LogP contribution in [0.3, 0.4) is 0 Å². The van der Waals surface area contributed by atoms with Gasteiger partial charge >= 0.3 is 11.9 Å². The predicted molar refractivity (Wildman–Crippen MR) is 55.3 cm³/mol. The molecule has 0 spiro atoms. The number of rotatable bonds is 6. The van der Waals surface area contributed by atoms with Crippen molar-refractivity contribution in [1.29, 1.82) is 0 Å². The molecule has 0 aromatic rings. The largest absolute Gasteiger partial charge is 0.469 e. The fraction of sp³-hybridized carbons (Fsp3) is 0.800. The Balaban J connectivity index is 3.84. The van der Waals surface area contributed by atoms with Gasteiger partial charge in [0.05, 0.1) is 25.7 Å². The van der Waals surface area contributed by atoms with Crippen LogP contribution in [0.1, 0.15) is 20.8 Å². The van der Waals surface area contributed by atoms with Crippen molar-refractivity contribution >= 4 is 11.9 Å². The maximum absolute atomic E-state index is 11.3. The molecular formula is C10H19NO4. The van der Waals surface area contributed by atoms with Crippen LogP contribution in [0.25, 0.3) is 0 Å². The van der Waals surface area contributed by atoms with Gasteiger partial charge in [0.1, 0.15) is 0 Å². The van der Waals surface area contributed by atoms with E-state index in [-0.39, 0.29) is 18.5 Å². The van der Waals surface area contributed by atoms with Crippen molar-refractivity contribution in [2.45, 2.75) is 20.8 Å². The predicted octanol–water partition coefficient (Wildman–Crippen LogP) is 0.338. The second-order valence-electron chi connectivity index (χ2n) is 3.78. The zero-order valence-corrected chi connectivity index (χ0v) is 9.75. The van der Waals surface area contributed by atoms with Crippen LogP contribution in [0, 0.1) is 5.41 Å². The number of nitrogens with one attached hydrogen (secondary N) is 1. The number of hydrogen-bond donors (Lipinski definition) is 1. The molecule has 0 unspecified atom stereocenters. The van der Waals surface area contributed by atoms with Crippen LogP contribution in [-0.2, 0) is 19.1 Å². The minimum Gasteiger partial charge on any atom is -0.469 e. The second-order valence-corrected chi connectivity index (χ2v) is 3.78. The van der Waals surface area contributed by atoms with Gasteiger partial charge in [-0.1, -0.05) is 0 Å². The third kappa shape index (κ3) is 5.37. The van der Waals surface area contributed by atoms with Gasteiger partial charge in [-0.05, 0) is 20.8 Å². The van der Waals surface area contributed by atoms with E-state index in [1.165, 1.54) is 7.11 Å². The van der Waals surface area contributed by atoms with Crippen LogP contribution in [0.2, 0.25) is 0 Å². The number of esters is 2. The summed E-state index contributed by atoms with van der Waals surface area (Å²) in [5, 5.41) is 2.85. The van der Waals surface area contributed by atoms with E-state index in [1.54, 1.807) is 20.8 Å². The molecule has 0 aromatic heterocycles. The fourth-order valence-electron chi connectivity index (χ4n) is 1.04. The van der Waals surface area contributed by atoms with Crippen LogP contribution < -0.4 is 5.32 Å². The topological polar surface area (TPSA) is 64.6 Å². The van der Waals surface area contributed by atoms with E-state index in [9.17, 15) is 9.59 Å². The van der Waals surface area contributed by atoms with Crippen molar-refractivity contribution in [3.63, 3.8) is 0 Å². The number of ether oxygens (including phenoxy) is 2. The Hall–Kier alpha value is -1.10. The maximum atomic E-state index is 11.3. The summed E-state index contributed by atoms with van der Waals surface area (Å²) in [5.74, 6) is -0.628. The molecule has 0 heterocycles. The fourth-order valence-corrected chi connectivity index (χ4v) is 1.04. The molecule has 0 aromatic carbocycles. The van der Waals surface area contributed by atoms with Gasteiger partial charge < -0.3 is 14.8 Å². The summed E-state index contributed by atoms with van der Waals surface area (Å²) in [6, 6.07) is 0. The van der Waals surface area contributed by atoms with Gasteiger partial charge in [0, 0.05) is 6.54 Å². The Morgan fingerprint density at radius 3 is 2.40 bits per heavy atom. The standard InChI is InChI=1S/C10H19NO4/c1-5-15-8(12)6-11-7-10(2,3)9(13)14-4/h11H,5-7H2,1-4H3. The number of methoxy groups -OCH3 is 1. The van der Waals surface area contributed by atoms with E-state index in [1.807, 2.05) is 0 Å². The average molecular weight is 217 g/mol. The summed E-state index contributed by atoms with van der Waals surface area (Å²) >= 11 is 0. The summed E-state index contributed by atoms with van der Waals surface area (Å²) in [5.41, 5.74) is -0.638. The van der Waals surface area contributed by atoms with Gasteiger partial charge in [-0.15, -0.1) is 0 Å². The third-order valence-electron chi connectivity index (χ3n) is 1.88. The second kappa shape index (κ2) is 6.40. The van der Waals surface area contributed by atoms with Gasteiger partial charge in [-0.25, -0.2) is 0 Å². The van der Waals surface area contributed by atoms with Gasteiger partial charge in [0.25, 0.3) is 0 Å². The first kappa shape index (κ1) is 13.9. The van der Waals surface area contributed by atoms with Gasteiger partial charge in [0.2, 0.25) is 0 Å². The summed E-state index contributed by atoms with van der Waals surface area (Å²) in [6.07, 6.45) is 0. The molecule has 0 saturated heterocycles. The van der Waals surface area contributed by atoms with E-state index in [2.05, 4.69) is 10.1 Å². The van der Waals surface area contributed by atoms with E-state index >= 15 is 0 Å². The van der Waals surface area contributed by atoms with Crippen LogP contribution in [0.5, 0.6) is 0 Å². The molecule has 88 valence electrons. The third-order valence-corrected chi connectivity index (χ3v) is 1.88. The molecule has 0 aliphatic heterocycles.